The van der Waals surface area contributed by atoms with Crippen LogP contribution in [0.2, 0.25) is 0 Å². The number of carbonyl (C=O) groups is 2. The molecule has 0 saturated carbocycles. The van der Waals surface area contributed by atoms with Crippen molar-refractivity contribution in [3.8, 4) is 17.5 Å². The number of carbonyl (C=O) groups excluding carboxylic acids is 2. The van der Waals surface area contributed by atoms with E-state index in [-0.39, 0.29) is 18.0 Å². The second-order valence-electron chi connectivity index (χ2n) is 6.69. The van der Waals surface area contributed by atoms with Gasteiger partial charge >= 0.3 is 5.97 Å². The summed E-state index contributed by atoms with van der Waals surface area (Å²) in [6.07, 6.45) is 2.26. The summed E-state index contributed by atoms with van der Waals surface area (Å²) in [4.78, 5) is 23.7. The number of nitrogens with one attached hydrogen (secondary N) is 1. The Kier molecular flexibility index (Phi) is 8.24. The fraction of sp³-hybridized carbons (Fsp3) is 0.348. The molecule has 2 aromatic rings. The second kappa shape index (κ2) is 10.9. The van der Waals surface area contributed by atoms with Crippen LogP contribution in [-0.4, -0.2) is 36.7 Å². The Morgan fingerprint density at radius 1 is 1.23 bits per heavy atom. The average molecular weight is 409 g/mol. The quantitative estimate of drug-likeness (QED) is 0.296. The Hall–Kier alpha value is -3.53. The highest BCUT2D eigenvalue weighted by atomic mass is 16.5. The normalized spacial score (nSPS) is 11.0. The number of hydrogen-bond donors (Lipinski definition) is 1. The molecule has 2 rings (SSSR count). The van der Waals surface area contributed by atoms with E-state index < -0.39 is 5.91 Å². The number of aryl methyl sites for hydroxylation is 1. The van der Waals surface area contributed by atoms with Crippen molar-refractivity contribution in [3.63, 3.8) is 0 Å². The van der Waals surface area contributed by atoms with Gasteiger partial charge in [-0.2, -0.15) is 5.26 Å². The third-order valence-corrected chi connectivity index (χ3v) is 4.61. The van der Waals surface area contributed by atoms with Gasteiger partial charge in [-0.15, -0.1) is 0 Å². The van der Waals surface area contributed by atoms with E-state index in [2.05, 4.69) is 9.88 Å². The summed E-state index contributed by atoms with van der Waals surface area (Å²) in [5.41, 5.74) is 3.67. The van der Waals surface area contributed by atoms with Crippen molar-refractivity contribution in [1.29, 1.82) is 5.26 Å². The number of methoxy groups -OCH3 is 1. The molecule has 0 unspecified atom stereocenters. The molecule has 1 heterocycles. The van der Waals surface area contributed by atoms with Gasteiger partial charge in [0, 0.05) is 30.0 Å². The first kappa shape index (κ1) is 22.8. The van der Waals surface area contributed by atoms with Crippen LogP contribution in [0.3, 0.4) is 0 Å². The number of hydrogen-bond acceptors (Lipinski definition) is 5. The predicted octanol–water partition coefficient (Wildman–Crippen LogP) is 3.47. The molecular formula is C23H27N3O4. The second-order valence-corrected chi connectivity index (χ2v) is 6.69. The topological polar surface area (TPSA) is 93.4 Å². The van der Waals surface area contributed by atoms with Crippen LogP contribution in [0.5, 0.6) is 5.75 Å². The minimum Gasteiger partial charge on any atom is -0.497 e. The molecule has 1 aromatic heterocycles. The van der Waals surface area contributed by atoms with Crippen molar-refractivity contribution in [2.75, 3.05) is 20.3 Å². The minimum absolute atomic E-state index is 0.0149. The van der Waals surface area contributed by atoms with Gasteiger partial charge in [0.15, 0.2) is 0 Å². The van der Waals surface area contributed by atoms with Crippen molar-refractivity contribution in [1.82, 2.24) is 9.88 Å². The number of nitrogens with zero attached hydrogens (tertiary/aromatic N) is 2. The van der Waals surface area contributed by atoms with E-state index in [1.807, 2.05) is 50.2 Å². The van der Waals surface area contributed by atoms with Crippen LogP contribution in [0.4, 0.5) is 0 Å². The molecule has 0 bridgehead atoms. The van der Waals surface area contributed by atoms with Gasteiger partial charge in [0.1, 0.15) is 17.4 Å². The highest BCUT2D eigenvalue weighted by Crippen LogP contribution is 2.24. The number of nitriles is 1. The van der Waals surface area contributed by atoms with E-state index in [0.717, 1.165) is 28.4 Å². The van der Waals surface area contributed by atoms with Gasteiger partial charge in [0.2, 0.25) is 0 Å². The lowest BCUT2D eigenvalue weighted by molar-refractivity contribution is -0.143. The van der Waals surface area contributed by atoms with Gasteiger partial charge in [-0.1, -0.05) is 0 Å². The molecular weight excluding hydrogens is 382 g/mol. The Bertz CT molecular complexity index is 966. The van der Waals surface area contributed by atoms with Crippen LogP contribution in [0, 0.1) is 25.2 Å². The maximum Gasteiger partial charge on any atom is 0.305 e. The number of rotatable bonds is 9. The average Bonchev–Trinajstić information content (AvgIpc) is 3.02. The van der Waals surface area contributed by atoms with Crippen LogP contribution in [-0.2, 0) is 14.3 Å². The van der Waals surface area contributed by atoms with E-state index >= 15 is 0 Å². The molecule has 0 atom stereocenters. The molecule has 0 aliphatic rings. The van der Waals surface area contributed by atoms with Crippen LogP contribution < -0.4 is 10.1 Å². The largest absolute Gasteiger partial charge is 0.497 e. The molecule has 0 fully saturated rings. The molecule has 0 aliphatic heterocycles. The zero-order valence-electron chi connectivity index (χ0n) is 17.8. The Labute approximate surface area is 176 Å². The standard InChI is InChI=1S/C23H27N3O4/c1-5-30-22(27)7-6-12-25-23(28)19(15-24)14-18-13-16(2)26(17(18)3)20-8-10-21(29-4)11-9-20/h8-11,13-14H,5-7,12H2,1-4H3,(H,25,28)/b19-14+. The summed E-state index contributed by atoms with van der Waals surface area (Å²) in [6, 6.07) is 11.6. The highest BCUT2D eigenvalue weighted by Gasteiger charge is 2.14. The Balaban J connectivity index is 2.12. The molecule has 0 radical (unpaired) electrons. The fourth-order valence-corrected chi connectivity index (χ4v) is 3.13. The zero-order valence-corrected chi connectivity index (χ0v) is 17.8. The maximum atomic E-state index is 12.4. The lowest BCUT2D eigenvalue weighted by Gasteiger charge is -2.10. The van der Waals surface area contributed by atoms with Crippen LogP contribution >= 0.6 is 0 Å². The third kappa shape index (κ3) is 5.74. The number of ether oxygens (including phenoxy) is 2. The van der Waals surface area contributed by atoms with Gasteiger partial charge in [0.25, 0.3) is 5.91 Å². The summed E-state index contributed by atoms with van der Waals surface area (Å²) in [5.74, 6) is 0.0112. The Morgan fingerprint density at radius 2 is 1.93 bits per heavy atom. The molecule has 0 saturated heterocycles. The van der Waals surface area contributed by atoms with Crippen LogP contribution in [0.25, 0.3) is 11.8 Å². The molecule has 7 heteroatoms. The molecule has 1 N–H and O–H groups in total. The summed E-state index contributed by atoms with van der Waals surface area (Å²) < 4.78 is 12.1. The first-order valence-corrected chi connectivity index (χ1v) is 9.80. The van der Waals surface area contributed by atoms with Crippen molar-refractivity contribution in [2.45, 2.75) is 33.6 Å². The summed E-state index contributed by atoms with van der Waals surface area (Å²) in [7, 11) is 1.62. The van der Waals surface area contributed by atoms with E-state index in [1.165, 1.54) is 0 Å². The van der Waals surface area contributed by atoms with Crippen LogP contribution in [0.15, 0.2) is 35.9 Å². The first-order chi connectivity index (χ1) is 14.4. The monoisotopic (exact) mass is 409 g/mol. The molecule has 0 spiro atoms. The number of esters is 1. The lowest BCUT2D eigenvalue weighted by atomic mass is 10.1. The van der Waals surface area contributed by atoms with Crippen molar-refractivity contribution >= 4 is 18.0 Å². The fourth-order valence-electron chi connectivity index (χ4n) is 3.13. The number of aromatic nitrogens is 1. The molecule has 1 aromatic carbocycles. The predicted molar refractivity (Wildman–Crippen MR) is 114 cm³/mol. The Morgan fingerprint density at radius 3 is 2.53 bits per heavy atom. The summed E-state index contributed by atoms with van der Waals surface area (Å²) in [5, 5.41) is 12.1. The van der Waals surface area contributed by atoms with E-state index in [1.54, 1.807) is 20.1 Å². The smallest absolute Gasteiger partial charge is 0.305 e. The maximum absolute atomic E-state index is 12.4. The van der Waals surface area contributed by atoms with Gasteiger partial charge in [-0.25, -0.2) is 0 Å². The van der Waals surface area contributed by atoms with Gasteiger partial charge in [0.05, 0.1) is 13.7 Å². The number of benzene rings is 1. The molecule has 7 nitrogen and oxygen atoms in total. The van der Waals surface area contributed by atoms with Crippen molar-refractivity contribution in [2.24, 2.45) is 0 Å². The van der Waals surface area contributed by atoms with Gasteiger partial charge in [-0.05, 0) is 69.2 Å². The van der Waals surface area contributed by atoms with E-state index in [9.17, 15) is 14.9 Å². The van der Waals surface area contributed by atoms with Gasteiger partial charge in [-0.3, -0.25) is 9.59 Å². The molecule has 30 heavy (non-hydrogen) atoms. The molecule has 0 aliphatic carbocycles. The first-order valence-electron chi connectivity index (χ1n) is 9.80. The zero-order chi connectivity index (χ0) is 22.1. The SMILES string of the molecule is CCOC(=O)CCCNC(=O)/C(C#N)=C/c1cc(C)n(-c2ccc(OC)cc2)c1C. The minimum atomic E-state index is -0.462. The van der Waals surface area contributed by atoms with Crippen molar-refractivity contribution in [3.05, 3.63) is 52.9 Å². The number of amides is 1. The van der Waals surface area contributed by atoms with Crippen molar-refractivity contribution < 1.29 is 19.1 Å². The van der Waals surface area contributed by atoms with E-state index in [0.29, 0.717) is 19.6 Å². The third-order valence-electron chi connectivity index (χ3n) is 4.61. The van der Waals surface area contributed by atoms with E-state index in [4.69, 9.17) is 9.47 Å². The van der Waals surface area contributed by atoms with Gasteiger partial charge < -0.3 is 19.4 Å². The summed E-state index contributed by atoms with van der Waals surface area (Å²) >= 11 is 0. The molecule has 1 amide bonds. The lowest BCUT2D eigenvalue weighted by Crippen LogP contribution is -2.26. The summed E-state index contributed by atoms with van der Waals surface area (Å²) in [6.45, 7) is 6.28. The van der Waals surface area contributed by atoms with Crippen LogP contribution in [0.1, 0.15) is 36.7 Å². The molecule has 158 valence electrons. The highest BCUT2D eigenvalue weighted by molar-refractivity contribution is 6.01.